The van der Waals surface area contributed by atoms with Gasteiger partial charge in [-0.15, -0.1) is 0 Å². The number of aliphatic imine (C=N–C) groups is 2. The van der Waals surface area contributed by atoms with Gasteiger partial charge in [0.15, 0.2) is 11.8 Å². The number of aliphatic hydroxyl groups is 1. The Hall–Kier alpha value is -3.01. The number of pyridine rings is 1. The van der Waals surface area contributed by atoms with Crippen molar-refractivity contribution in [2.75, 3.05) is 12.4 Å². The van der Waals surface area contributed by atoms with Crippen molar-refractivity contribution in [2.45, 2.75) is 62.9 Å². The molecule has 2 aromatic rings. The summed E-state index contributed by atoms with van der Waals surface area (Å²) in [7, 11) is 1.85. The van der Waals surface area contributed by atoms with E-state index >= 15 is 0 Å². The molecular weight excluding hydrogens is 420 g/mol. The maximum Gasteiger partial charge on any atom is 0.322 e. The lowest BCUT2D eigenvalue weighted by atomic mass is 9.51. The molecule has 33 heavy (non-hydrogen) atoms. The van der Waals surface area contributed by atoms with Gasteiger partial charge in [-0.3, -0.25) is 4.90 Å². The van der Waals surface area contributed by atoms with E-state index in [1.165, 1.54) is 6.33 Å². The van der Waals surface area contributed by atoms with Crippen molar-refractivity contribution in [1.82, 2.24) is 24.4 Å². The first-order chi connectivity index (χ1) is 15.9. The van der Waals surface area contributed by atoms with Crippen LogP contribution < -0.4 is 5.32 Å². The van der Waals surface area contributed by atoms with Crippen LogP contribution in [0.25, 0.3) is 5.65 Å². The highest BCUT2D eigenvalue weighted by molar-refractivity contribution is 6.02. The number of nitrogens with zero attached hydrogens (tertiary/aromatic N) is 7. The number of aryl methyl sites for hydroxylation is 1. The van der Waals surface area contributed by atoms with Crippen LogP contribution in [0.5, 0.6) is 0 Å². The zero-order chi connectivity index (χ0) is 22.5. The highest BCUT2D eigenvalue weighted by atomic mass is 16.3. The van der Waals surface area contributed by atoms with Gasteiger partial charge in [0.05, 0.1) is 18.0 Å². The van der Waals surface area contributed by atoms with E-state index in [1.807, 2.05) is 32.4 Å². The van der Waals surface area contributed by atoms with Crippen molar-refractivity contribution in [3.8, 4) is 0 Å². The van der Waals surface area contributed by atoms with E-state index < -0.39 is 0 Å². The summed E-state index contributed by atoms with van der Waals surface area (Å²) in [6.45, 7) is 2.01. The maximum atomic E-state index is 13.5. The Labute approximate surface area is 191 Å². The second kappa shape index (κ2) is 6.53. The number of carbonyl (C=O) groups is 1. The first kappa shape index (κ1) is 19.5. The Morgan fingerprint density at radius 1 is 1.21 bits per heavy atom. The van der Waals surface area contributed by atoms with Crippen LogP contribution in [-0.2, 0) is 0 Å². The Balaban J connectivity index is 1.23. The summed E-state index contributed by atoms with van der Waals surface area (Å²) < 4.78 is 1.71. The van der Waals surface area contributed by atoms with E-state index in [4.69, 9.17) is 4.99 Å². The molecule has 0 spiro atoms. The van der Waals surface area contributed by atoms with Gasteiger partial charge >= 0.3 is 6.03 Å². The van der Waals surface area contributed by atoms with Crippen LogP contribution in [0.15, 0.2) is 28.6 Å². The molecule has 2 aliphatic heterocycles. The summed E-state index contributed by atoms with van der Waals surface area (Å²) >= 11 is 0. The lowest BCUT2D eigenvalue weighted by molar-refractivity contribution is -0.142. The van der Waals surface area contributed by atoms with E-state index in [0.29, 0.717) is 23.7 Å². The first-order valence-corrected chi connectivity index (χ1v) is 11.8. The van der Waals surface area contributed by atoms with Crippen molar-refractivity contribution >= 4 is 29.5 Å². The highest BCUT2D eigenvalue weighted by Gasteiger charge is 2.62. The molecule has 2 amide bonds. The standard InChI is InChI=1S/C23H28N8O2/c1-12-3-18-25-11-26-30(18)10-16(12)27-21-24-9-17-20(28-21)31(22(33)29(17)2)23-6-13-4-14(7-23)19(32)15(5-13)8-23/h3,9-11,13-15,17,19-20,32H,4-8H2,1-2H3,(H,27,28). The second-order valence-electron chi connectivity index (χ2n) is 10.6. The molecular formula is C23H28N8O2. The van der Waals surface area contributed by atoms with Gasteiger partial charge in [-0.2, -0.15) is 5.10 Å². The van der Waals surface area contributed by atoms with Crippen molar-refractivity contribution in [3.05, 3.63) is 24.2 Å². The average Bonchev–Trinajstić information content (AvgIpc) is 3.33. The molecule has 5 fully saturated rings. The Morgan fingerprint density at radius 3 is 2.79 bits per heavy atom. The molecule has 1 saturated heterocycles. The van der Waals surface area contributed by atoms with E-state index in [2.05, 4.69) is 25.3 Å². The molecule has 4 saturated carbocycles. The number of rotatable bonds is 2. The molecule has 6 aliphatic rings. The third-order valence-corrected chi connectivity index (χ3v) is 8.70. The average molecular weight is 449 g/mol. The molecule has 4 aliphatic carbocycles. The largest absolute Gasteiger partial charge is 0.393 e. The summed E-state index contributed by atoms with van der Waals surface area (Å²) in [6.07, 6.45) is 9.67. The fraction of sp³-hybridized carbons (Fsp3) is 0.609. The van der Waals surface area contributed by atoms with E-state index in [0.717, 1.165) is 49.0 Å². The van der Waals surface area contributed by atoms with Crippen LogP contribution >= 0.6 is 0 Å². The van der Waals surface area contributed by atoms with Crippen molar-refractivity contribution in [3.63, 3.8) is 0 Å². The number of urea groups is 1. The van der Waals surface area contributed by atoms with Crippen LogP contribution in [0.3, 0.4) is 0 Å². The number of fused-ring (bicyclic) bond motifs is 2. The van der Waals surface area contributed by atoms with E-state index in [1.54, 1.807) is 9.42 Å². The van der Waals surface area contributed by atoms with Crippen molar-refractivity contribution in [1.29, 1.82) is 0 Å². The third-order valence-electron chi connectivity index (χ3n) is 8.70. The Kier molecular flexibility index (Phi) is 3.85. The first-order valence-electron chi connectivity index (χ1n) is 11.8. The number of likely N-dealkylation sites (N-methyl/N-ethyl adjacent to an activating group) is 1. The van der Waals surface area contributed by atoms with Gasteiger partial charge in [-0.1, -0.05) is 0 Å². The highest BCUT2D eigenvalue weighted by Crippen LogP contribution is 2.59. The number of aromatic nitrogens is 3. The number of anilines is 1. The lowest BCUT2D eigenvalue weighted by Gasteiger charge is -2.61. The molecule has 4 heterocycles. The predicted octanol–water partition coefficient (Wildman–Crippen LogP) is 1.89. The minimum absolute atomic E-state index is 0.0260. The molecule has 8 rings (SSSR count). The molecule has 4 atom stereocenters. The summed E-state index contributed by atoms with van der Waals surface area (Å²) in [5, 5.41) is 18.3. The molecule has 2 aromatic heterocycles. The zero-order valence-electron chi connectivity index (χ0n) is 18.8. The third kappa shape index (κ3) is 2.67. The Morgan fingerprint density at radius 2 is 2.00 bits per heavy atom. The quantitative estimate of drug-likeness (QED) is 0.729. The van der Waals surface area contributed by atoms with Crippen LogP contribution in [0.2, 0.25) is 0 Å². The number of amides is 2. The summed E-state index contributed by atoms with van der Waals surface area (Å²) in [5.74, 6) is 1.68. The topological polar surface area (TPSA) is 111 Å². The lowest BCUT2D eigenvalue weighted by Crippen LogP contribution is -2.66. The fourth-order valence-electron chi connectivity index (χ4n) is 7.39. The monoisotopic (exact) mass is 448 g/mol. The van der Waals surface area contributed by atoms with Crippen LogP contribution in [-0.4, -0.2) is 78.6 Å². The normalized spacial score (nSPS) is 38.9. The van der Waals surface area contributed by atoms with Gasteiger partial charge in [0.1, 0.15) is 12.4 Å². The Bertz CT molecular complexity index is 1200. The van der Waals surface area contributed by atoms with Gasteiger partial charge in [0.2, 0.25) is 5.96 Å². The number of nitrogens with one attached hydrogen (secondary N) is 1. The molecule has 10 heteroatoms. The molecule has 0 radical (unpaired) electrons. The molecule has 10 nitrogen and oxygen atoms in total. The van der Waals surface area contributed by atoms with Crippen LogP contribution in [0.4, 0.5) is 10.5 Å². The number of hydrogen-bond acceptors (Lipinski definition) is 7. The van der Waals surface area contributed by atoms with Gasteiger partial charge in [0, 0.05) is 18.8 Å². The fourth-order valence-corrected chi connectivity index (χ4v) is 7.39. The summed E-state index contributed by atoms with van der Waals surface area (Å²) in [6, 6.07) is 1.81. The van der Waals surface area contributed by atoms with Crippen molar-refractivity contribution in [2.24, 2.45) is 27.7 Å². The number of hydrogen-bond donors (Lipinski definition) is 2. The summed E-state index contributed by atoms with van der Waals surface area (Å²) in [5.41, 5.74) is 2.44. The van der Waals surface area contributed by atoms with E-state index in [9.17, 15) is 9.90 Å². The minimum Gasteiger partial charge on any atom is -0.393 e. The van der Waals surface area contributed by atoms with Gasteiger partial charge in [-0.25, -0.2) is 24.3 Å². The molecule has 2 N–H and O–H groups in total. The molecule has 172 valence electrons. The number of aliphatic hydroxyl groups excluding tert-OH is 1. The predicted molar refractivity (Wildman–Crippen MR) is 122 cm³/mol. The molecule has 4 bridgehead atoms. The maximum absolute atomic E-state index is 13.5. The van der Waals surface area contributed by atoms with Gasteiger partial charge in [0.25, 0.3) is 0 Å². The van der Waals surface area contributed by atoms with Gasteiger partial charge in [-0.05, 0) is 68.4 Å². The van der Waals surface area contributed by atoms with Gasteiger partial charge < -0.3 is 15.3 Å². The SMILES string of the molecule is Cc1cc2ncnn2cc1NC1=NC2C(C=N1)N(C)C(=O)N2C12CC3CC(C1)C(O)C(C3)C2. The van der Waals surface area contributed by atoms with Crippen molar-refractivity contribution < 1.29 is 9.90 Å². The second-order valence-corrected chi connectivity index (χ2v) is 10.6. The minimum atomic E-state index is -0.314. The number of guanidine groups is 1. The smallest absolute Gasteiger partial charge is 0.322 e. The summed E-state index contributed by atoms with van der Waals surface area (Å²) in [4.78, 5) is 31.1. The molecule has 0 aromatic carbocycles. The zero-order valence-corrected chi connectivity index (χ0v) is 18.8. The number of carbonyl (C=O) groups excluding carboxylic acids is 1. The van der Waals surface area contributed by atoms with E-state index in [-0.39, 0.29) is 29.9 Å². The van der Waals surface area contributed by atoms with Crippen LogP contribution in [0, 0.1) is 24.7 Å². The van der Waals surface area contributed by atoms with Crippen LogP contribution in [0.1, 0.15) is 37.7 Å². The molecule has 4 unspecified atom stereocenters.